The predicted molar refractivity (Wildman–Crippen MR) is 83.2 cm³/mol. The summed E-state index contributed by atoms with van der Waals surface area (Å²) in [5.74, 6) is -2.60. The van der Waals surface area contributed by atoms with Gasteiger partial charge >= 0.3 is 12.2 Å². The first-order valence-corrected chi connectivity index (χ1v) is 7.99. The van der Waals surface area contributed by atoms with E-state index in [1.165, 1.54) is 0 Å². The number of hydrogen-bond acceptors (Lipinski definition) is 2. The molecule has 1 saturated carbocycles. The van der Waals surface area contributed by atoms with Gasteiger partial charge in [0.15, 0.2) is 17.8 Å². The van der Waals surface area contributed by atoms with Crippen molar-refractivity contribution in [2.75, 3.05) is 0 Å². The summed E-state index contributed by atoms with van der Waals surface area (Å²) in [6, 6.07) is 2.71. The summed E-state index contributed by atoms with van der Waals surface area (Å²) >= 11 is 0. The Morgan fingerprint density at radius 2 is 1.84 bits per heavy atom. The van der Waals surface area contributed by atoms with E-state index in [1.807, 2.05) is 19.1 Å². The molecule has 1 aromatic rings. The SMILES string of the molecule is CC=CC1CCC(C(F)(F)Oc2ccc(OC=C(F)F)c(F)c2)CC1. The number of hydrogen-bond donors (Lipinski definition) is 0. The Morgan fingerprint density at radius 1 is 1.16 bits per heavy atom. The molecule has 7 heteroatoms. The molecule has 2 rings (SSSR count). The van der Waals surface area contributed by atoms with Crippen LogP contribution in [0.2, 0.25) is 0 Å². The van der Waals surface area contributed by atoms with Crippen LogP contribution < -0.4 is 9.47 Å². The van der Waals surface area contributed by atoms with Crippen molar-refractivity contribution in [3.63, 3.8) is 0 Å². The van der Waals surface area contributed by atoms with Gasteiger partial charge in [0.25, 0.3) is 0 Å². The topological polar surface area (TPSA) is 18.5 Å². The van der Waals surface area contributed by atoms with Crippen molar-refractivity contribution in [3.05, 3.63) is 48.5 Å². The highest BCUT2D eigenvalue weighted by molar-refractivity contribution is 5.33. The van der Waals surface area contributed by atoms with Crippen molar-refractivity contribution in [3.8, 4) is 11.5 Å². The maximum atomic E-state index is 14.3. The van der Waals surface area contributed by atoms with Crippen LogP contribution in [0.4, 0.5) is 22.0 Å². The highest BCUT2D eigenvalue weighted by Crippen LogP contribution is 2.40. The minimum Gasteiger partial charge on any atom is -0.456 e. The molecule has 0 bridgehead atoms. The van der Waals surface area contributed by atoms with Crippen LogP contribution in [-0.2, 0) is 0 Å². The zero-order valence-corrected chi connectivity index (χ0v) is 13.7. The first kappa shape index (κ1) is 19.3. The summed E-state index contributed by atoms with van der Waals surface area (Å²) in [5.41, 5.74) is 0. The van der Waals surface area contributed by atoms with E-state index in [4.69, 9.17) is 0 Å². The second-order valence-corrected chi connectivity index (χ2v) is 5.92. The van der Waals surface area contributed by atoms with Crippen LogP contribution in [0.1, 0.15) is 32.6 Å². The molecule has 0 saturated heterocycles. The Morgan fingerprint density at radius 3 is 2.40 bits per heavy atom. The van der Waals surface area contributed by atoms with E-state index >= 15 is 0 Å². The molecule has 0 N–H and O–H groups in total. The average molecular weight is 362 g/mol. The number of halogens is 5. The van der Waals surface area contributed by atoms with Crippen molar-refractivity contribution >= 4 is 0 Å². The van der Waals surface area contributed by atoms with Crippen molar-refractivity contribution in [2.45, 2.75) is 38.7 Å². The number of alkyl halides is 2. The normalized spacial score (nSPS) is 21.2. The molecule has 0 unspecified atom stereocenters. The molecule has 0 aromatic heterocycles. The van der Waals surface area contributed by atoms with Crippen LogP contribution in [0, 0.1) is 17.7 Å². The van der Waals surface area contributed by atoms with Gasteiger partial charge < -0.3 is 9.47 Å². The molecule has 0 atom stereocenters. The van der Waals surface area contributed by atoms with Crippen molar-refractivity contribution in [1.82, 2.24) is 0 Å². The van der Waals surface area contributed by atoms with Gasteiger partial charge in [-0.2, -0.15) is 17.6 Å². The Balaban J connectivity index is 2.00. The monoisotopic (exact) mass is 362 g/mol. The Kier molecular flexibility index (Phi) is 6.45. The van der Waals surface area contributed by atoms with Crippen molar-refractivity contribution < 1.29 is 31.4 Å². The molecule has 138 valence electrons. The van der Waals surface area contributed by atoms with Gasteiger partial charge in [-0.25, -0.2) is 4.39 Å². The minimum absolute atomic E-state index is 0.0662. The molecule has 25 heavy (non-hydrogen) atoms. The molecular weight excluding hydrogens is 343 g/mol. The second kappa shape index (κ2) is 8.36. The lowest BCUT2D eigenvalue weighted by Gasteiger charge is -2.32. The van der Waals surface area contributed by atoms with E-state index in [1.54, 1.807) is 0 Å². The molecule has 1 aromatic carbocycles. The fourth-order valence-electron chi connectivity index (χ4n) is 2.91. The third-order valence-corrected chi connectivity index (χ3v) is 4.14. The maximum absolute atomic E-state index is 14.3. The quantitative estimate of drug-likeness (QED) is 0.336. The zero-order valence-electron chi connectivity index (χ0n) is 13.7. The van der Waals surface area contributed by atoms with Gasteiger partial charge in [-0.05, 0) is 50.7 Å². The van der Waals surface area contributed by atoms with E-state index in [0.29, 0.717) is 37.7 Å². The maximum Gasteiger partial charge on any atom is 0.400 e. The average Bonchev–Trinajstić information content (AvgIpc) is 2.54. The molecule has 1 aliphatic carbocycles. The summed E-state index contributed by atoms with van der Waals surface area (Å²) in [6.07, 6.45) is 0.343. The third-order valence-electron chi connectivity index (χ3n) is 4.14. The molecule has 0 radical (unpaired) electrons. The Hall–Kier alpha value is -2.05. The molecule has 0 heterocycles. The zero-order chi connectivity index (χ0) is 18.4. The van der Waals surface area contributed by atoms with Gasteiger partial charge in [0.05, 0.1) is 5.92 Å². The van der Waals surface area contributed by atoms with Crippen molar-refractivity contribution in [2.24, 2.45) is 11.8 Å². The first-order valence-electron chi connectivity index (χ1n) is 7.99. The Labute approximate surface area is 142 Å². The summed E-state index contributed by atoms with van der Waals surface area (Å²) in [7, 11) is 0. The fourth-order valence-corrected chi connectivity index (χ4v) is 2.91. The third kappa shape index (κ3) is 5.47. The lowest BCUT2D eigenvalue weighted by Crippen LogP contribution is -2.37. The minimum atomic E-state index is -3.43. The van der Waals surface area contributed by atoms with Crippen LogP contribution in [-0.4, -0.2) is 6.11 Å². The predicted octanol–water partition coefficient (Wildman–Crippen LogP) is 6.30. The highest BCUT2D eigenvalue weighted by atomic mass is 19.3. The van der Waals surface area contributed by atoms with Gasteiger partial charge in [0, 0.05) is 6.07 Å². The number of rotatable bonds is 6. The van der Waals surface area contributed by atoms with Gasteiger partial charge in [-0.3, -0.25) is 0 Å². The van der Waals surface area contributed by atoms with Gasteiger partial charge in [-0.1, -0.05) is 12.2 Å². The van der Waals surface area contributed by atoms with Crippen LogP contribution in [0.5, 0.6) is 11.5 Å². The van der Waals surface area contributed by atoms with E-state index in [-0.39, 0.29) is 12.0 Å². The molecule has 2 nitrogen and oxygen atoms in total. The van der Waals surface area contributed by atoms with Crippen molar-refractivity contribution in [1.29, 1.82) is 0 Å². The summed E-state index contributed by atoms with van der Waals surface area (Å²) in [6.45, 7) is 1.89. The van der Waals surface area contributed by atoms with E-state index < -0.39 is 29.7 Å². The Bertz CT molecular complexity index is 630. The summed E-state index contributed by atoms with van der Waals surface area (Å²) in [5, 5.41) is 0. The smallest absolute Gasteiger partial charge is 0.400 e. The van der Waals surface area contributed by atoms with Gasteiger partial charge in [0.1, 0.15) is 5.75 Å². The van der Waals surface area contributed by atoms with Crippen LogP contribution in [0.25, 0.3) is 0 Å². The fraction of sp³-hybridized carbons (Fsp3) is 0.444. The lowest BCUT2D eigenvalue weighted by molar-refractivity contribution is -0.223. The number of ether oxygens (including phenoxy) is 2. The van der Waals surface area contributed by atoms with E-state index in [2.05, 4.69) is 9.47 Å². The van der Waals surface area contributed by atoms with E-state index in [9.17, 15) is 22.0 Å². The largest absolute Gasteiger partial charge is 0.456 e. The van der Waals surface area contributed by atoms with E-state index in [0.717, 1.165) is 12.1 Å². The molecular formula is C18H19F5O2. The summed E-state index contributed by atoms with van der Waals surface area (Å²) < 4.78 is 75.2. The standard InChI is InChI=1S/C18H19F5O2/c1-2-3-12-4-6-13(7-5-12)18(22,23)25-14-8-9-16(15(19)10-14)24-11-17(20)21/h2-3,8-13H,4-7H2,1H3. The number of benzene rings is 1. The van der Waals surface area contributed by atoms with Gasteiger partial charge in [0.2, 0.25) is 0 Å². The van der Waals surface area contributed by atoms with Gasteiger partial charge in [-0.15, -0.1) is 0 Å². The molecule has 0 spiro atoms. The molecule has 1 fully saturated rings. The highest BCUT2D eigenvalue weighted by Gasteiger charge is 2.43. The van der Waals surface area contributed by atoms with Crippen LogP contribution >= 0.6 is 0 Å². The first-order chi connectivity index (χ1) is 11.8. The molecule has 0 aliphatic heterocycles. The van der Waals surface area contributed by atoms with Crippen LogP contribution in [0.15, 0.2) is 42.7 Å². The summed E-state index contributed by atoms with van der Waals surface area (Å²) in [4.78, 5) is 0. The lowest BCUT2D eigenvalue weighted by atomic mass is 9.81. The number of allylic oxidation sites excluding steroid dienone is 2. The van der Waals surface area contributed by atoms with Crippen LogP contribution in [0.3, 0.4) is 0 Å². The molecule has 1 aliphatic rings. The second-order valence-electron chi connectivity index (χ2n) is 5.92. The molecule has 0 amide bonds.